The molecule has 1 saturated heterocycles. The van der Waals surface area contributed by atoms with Crippen molar-refractivity contribution < 1.29 is 14.0 Å². The van der Waals surface area contributed by atoms with Crippen molar-refractivity contribution in [3.8, 4) is 0 Å². The van der Waals surface area contributed by atoms with Gasteiger partial charge in [-0.05, 0) is 42.5 Å². The molecule has 0 saturated carbocycles. The molecule has 1 fully saturated rings. The number of rotatable bonds is 4. The Hall–Kier alpha value is -2.34. The quantitative estimate of drug-likeness (QED) is 0.805. The minimum absolute atomic E-state index is 0.0223. The topological polar surface area (TPSA) is 40.6 Å². The molecule has 2 amide bonds. The molecule has 142 valence electrons. The van der Waals surface area contributed by atoms with Gasteiger partial charge in [0.05, 0.1) is 5.56 Å². The van der Waals surface area contributed by atoms with E-state index in [9.17, 15) is 14.0 Å². The van der Waals surface area contributed by atoms with Crippen LogP contribution in [0, 0.1) is 5.82 Å². The molecule has 1 heterocycles. The smallest absolute Gasteiger partial charge is 0.256 e. The third-order valence-corrected chi connectivity index (χ3v) is 5.31. The van der Waals surface area contributed by atoms with Crippen LogP contribution in [0.1, 0.15) is 32.7 Å². The van der Waals surface area contributed by atoms with Gasteiger partial charge in [-0.15, -0.1) is 0 Å². The standard InChI is InChI=1S/C21H23FN2O2S/c1-27-15-16-7-9-17(10-8-16)20(25)23-11-4-12-24(14-13-23)21(26)18-5-2-3-6-19(18)22/h2-3,5-10H,4,11-15H2,1H3. The van der Waals surface area contributed by atoms with Gasteiger partial charge in [0, 0.05) is 37.5 Å². The van der Waals surface area contributed by atoms with Crippen LogP contribution in [0.25, 0.3) is 0 Å². The first-order valence-corrected chi connectivity index (χ1v) is 10.4. The van der Waals surface area contributed by atoms with Gasteiger partial charge in [0.15, 0.2) is 0 Å². The molecule has 0 N–H and O–H groups in total. The maximum absolute atomic E-state index is 13.9. The summed E-state index contributed by atoms with van der Waals surface area (Å²) >= 11 is 1.74. The van der Waals surface area contributed by atoms with Crippen molar-refractivity contribution in [2.45, 2.75) is 12.2 Å². The van der Waals surface area contributed by atoms with E-state index in [-0.39, 0.29) is 17.4 Å². The van der Waals surface area contributed by atoms with Gasteiger partial charge < -0.3 is 9.80 Å². The summed E-state index contributed by atoms with van der Waals surface area (Å²) in [7, 11) is 0. The normalized spacial score (nSPS) is 14.7. The van der Waals surface area contributed by atoms with Gasteiger partial charge in [-0.25, -0.2) is 4.39 Å². The maximum Gasteiger partial charge on any atom is 0.256 e. The summed E-state index contributed by atoms with van der Waals surface area (Å²) in [5.41, 5.74) is 1.94. The second-order valence-corrected chi connectivity index (χ2v) is 7.41. The highest BCUT2D eigenvalue weighted by atomic mass is 32.2. The number of halogens is 1. The molecule has 0 radical (unpaired) electrons. The number of nitrogens with zero attached hydrogens (tertiary/aromatic N) is 2. The lowest BCUT2D eigenvalue weighted by atomic mass is 10.1. The highest BCUT2D eigenvalue weighted by Crippen LogP contribution is 2.16. The van der Waals surface area contributed by atoms with Crippen molar-refractivity contribution in [1.82, 2.24) is 9.80 Å². The minimum atomic E-state index is -0.509. The Morgan fingerprint density at radius 1 is 0.926 bits per heavy atom. The number of amides is 2. The third-order valence-electron chi connectivity index (χ3n) is 4.69. The molecule has 27 heavy (non-hydrogen) atoms. The Morgan fingerprint density at radius 3 is 2.19 bits per heavy atom. The summed E-state index contributed by atoms with van der Waals surface area (Å²) in [6, 6.07) is 13.7. The number of hydrogen-bond acceptors (Lipinski definition) is 3. The first kappa shape index (κ1) is 19.4. The lowest BCUT2D eigenvalue weighted by Crippen LogP contribution is -2.37. The van der Waals surface area contributed by atoms with E-state index in [2.05, 4.69) is 0 Å². The summed E-state index contributed by atoms with van der Waals surface area (Å²) in [6.45, 7) is 1.96. The average Bonchev–Trinajstić information content (AvgIpc) is 2.94. The zero-order valence-corrected chi connectivity index (χ0v) is 16.2. The number of carbonyl (C=O) groups is 2. The van der Waals surface area contributed by atoms with Crippen LogP contribution < -0.4 is 0 Å². The molecule has 0 unspecified atom stereocenters. The minimum Gasteiger partial charge on any atom is -0.337 e. The average molecular weight is 386 g/mol. The first-order valence-electron chi connectivity index (χ1n) is 9.01. The second-order valence-electron chi connectivity index (χ2n) is 6.55. The maximum atomic E-state index is 13.9. The van der Waals surface area contributed by atoms with Crippen molar-refractivity contribution in [3.63, 3.8) is 0 Å². The van der Waals surface area contributed by atoms with Crippen LogP contribution >= 0.6 is 11.8 Å². The van der Waals surface area contributed by atoms with E-state index in [4.69, 9.17) is 0 Å². The van der Waals surface area contributed by atoms with Gasteiger partial charge in [0.25, 0.3) is 11.8 Å². The highest BCUT2D eigenvalue weighted by Gasteiger charge is 2.24. The van der Waals surface area contributed by atoms with E-state index >= 15 is 0 Å². The molecular weight excluding hydrogens is 363 g/mol. The Bertz CT molecular complexity index is 810. The van der Waals surface area contributed by atoms with Crippen molar-refractivity contribution in [1.29, 1.82) is 0 Å². The van der Waals surface area contributed by atoms with Crippen LogP contribution in [-0.2, 0) is 5.75 Å². The monoisotopic (exact) mass is 386 g/mol. The molecule has 6 heteroatoms. The predicted molar refractivity (Wildman–Crippen MR) is 106 cm³/mol. The summed E-state index contributed by atoms with van der Waals surface area (Å²) in [6.07, 6.45) is 2.72. The van der Waals surface area contributed by atoms with E-state index in [0.717, 1.165) is 5.75 Å². The predicted octanol–water partition coefficient (Wildman–Crippen LogP) is 3.68. The fourth-order valence-corrected chi connectivity index (χ4v) is 3.75. The summed E-state index contributed by atoms with van der Waals surface area (Å²) in [4.78, 5) is 28.8. The molecule has 0 aromatic heterocycles. The van der Waals surface area contributed by atoms with Gasteiger partial charge in [-0.3, -0.25) is 9.59 Å². The molecule has 3 rings (SSSR count). The van der Waals surface area contributed by atoms with Crippen LogP contribution in [0.5, 0.6) is 0 Å². The molecule has 0 bridgehead atoms. The molecule has 0 aliphatic carbocycles. The molecule has 0 spiro atoms. The van der Waals surface area contributed by atoms with Gasteiger partial charge in [-0.2, -0.15) is 11.8 Å². The highest BCUT2D eigenvalue weighted by molar-refractivity contribution is 7.97. The Kier molecular flexibility index (Phi) is 6.50. The Morgan fingerprint density at radius 2 is 1.56 bits per heavy atom. The Labute approximate surface area is 163 Å². The fraction of sp³-hybridized carbons (Fsp3) is 0.333. The SMILES string of the molecule is CSCc1ccc(C(=O)N2CCCN(C(=O)c3ccccc3F)CC2)cc1. The number of carbonyl (C=O) groups excluding carboxylic acids is 2. The zero-order chi connectivity index (χ0) is 19.2. The molecule has 0 atom stereocenters. The molecule has 1 aliphatic heterocycles. The molecule has 2 aromatic carbocycles. The lowest BCUT2D eigenvalue weighted by Gasteiger charge is -2.22. The molecule has 4 nitrogen and oxygen atoms in total. The van der Waals surface area contributed by atoms with Crippen LogP contribution in [0.4, 0.5) is 4.39 Å². The summed E-state index contributed by atoms with van der Waals surface area (Å²) in [5.74, 6) is 0.0744. The number of thioether (sulfide) groups is 1. The zero-order valence-electron chi connectivity index (χ0n) is 15.4. The van der Waals surface area contributed by atoms with Crippen LogP contribution in [-0.4, -0.2) is 54.0 Å². The fourth-order valence-electron chi connectivity index (χ4n) is 3.22. The van der Waals surface area contributed by atoms with Crippen LogP contribution in [0.15, 0.2) is 48.5 Å². The summed E-state index contributed by atoms with van der Waals surface area (Å²) in [5, 5.41) is 0. The van der Waals surface area contributed by atoms with E-state index in [1.807, 2.05) is 30.5 Å². The third kappa shape index (κ3) is 4.69. The van der Waals surface area contributed by atoms with Gasteiger partial charge in [-0.1, -0.05) is 24.3 Å². The van der Waals surface area contributed by atoms with E-state index in [0.29, 0.717) is 38.2 Å². The molecule has 2 aromatic rings. The largest absolute Gasteiger partial charge is 0.337 e. The van der Waals surface area contributed by atoms with Gasteiger partial charge in [0.2, 0.25) is 0 Å². The van der Waals surface area contributed by atoms with Crippen molar-refractivity contribution in [2.24, 2.45) is 0 Å². The molecule has 1 aliphatic rings. The van der Waals surface area contributed by atoms with Crippen LogP contribution in [0.3, 0.4) is 0 Å². The van der Waals surface area contributed by atoms with Crippen molar-refractivity contribution in [2.75, 3.05) is 32.4 Å². The summed E-state index contributed by atoms with van der Waals surface area (Å²) < 4.78 is 13.9. The van der Waals surface area contributed by atoms with E-state index < -0.39 is 5.82 Å². The van der Waals surface area contributed by atoms with E-state index in [1.54, 1.807) is 33.7 Å². The lowest BCUT2D eigenvalue weighted by molar-refractivity contribution is 0.0716. The second kappa shape index (κ2) is 9.04. The van der Waals surface area contributed by atoms with Crippen molar-refractivity contribution >= 4 is 23.6 Å². The number of benzene rings is 2. The van der Waals surface area contributed by atoms with Gasteiger partial charge >= 0.3 is 0 Å². The van der Waals surface area contributed by atoms with Crippen LogP contribution in [0.2, 0.25) is 0 Å². The Balaban J connectivity index is 1.65. The first-order chi connectivity index (χ1) is 13.1. The molecular formula is C21H23FN2O2S. The number of hydrogen-bond donors (Lipinski definition) is 0. The van der Waals surface area contributed by atoms with Gasteiger partial charge in [0.1, 0.15) is 5.82 Å². The van der Waals surface area contributed by atoms with E-state index in [1.165, 1.54) is 17.7 Å². The van der Waals surface area contributed by atoms with Crippen molar-refractivity contribution in [3.05, 3.63) is 71.0 Å².